The summed E-state index contributed by atoms with van der Waals surface area (Å²) in [6.45, 7) is 10.2. The number of carboxylic acid groups (broad SMARTS) is 1. The number of rotatable bonds is 3. The summed E-state index contributed by atoms with van der Waals surface area (Å²) in [5.41, 5.74) is 3.60. The number of likely N-dealkylation sites (tertiary alicyclic amines) is 1. The summed E-state index contributed by atoms with van der Waals surface area (Å²) in [6, 6.07) is 6.63. The fourth-order valence-electron chi connectivity index (χ4n) is 4.92. The highest BCUT2D eigenvalue weighted by atomic mass is 32.2. The van der Waals surface area contributed by atoms with Crippen LogP contribution in [0, 0.1) is 5.41 Å². The van der Waals surface area contributed by atoms with Crippen molar-refractivity contribution in [1.29, 1.82) is 0 Å². The van der Waals surface area contributed by atoms with E-state index in [4.69, 9.17) is 4.74 Å². The second-order valence-corrected chi connectivity index (χ2v) is 11.7. The molecule has 0 aromatic heterocycles. The number of morpholine rings is 1. The number of ether oxygens (including phenoxy) is 1. The molecule has 2 fully saturated rings. The van der Waals surface area contributed by atoms with E-state index in [1.807, 2.05) is 20.8 Å². The van der Waals surface area contributed by atoms with Crippen LogP contribution in [0.25, 0.3) is 0 Å². The van der Waals surface area contributed by atoms with Crippen LogP contribution < -0.4 is 9.62 Å². The SMILES string of the molecule is CC(C)(C)[S@@+]([O-])N[C@@H]1c2cc(N3CCOCC3)ccc2CC12CCN(C(=O)O)CC2. The first-order chi connectivity index (χ1) is 14.2. The maximum absolute atomic E-state index is 13.1. The molecule has 0 bridgehead atoms. The maximum atomic E-state index is 13.1. The first-order valence-corrected chi connectivity index (χ1v) is 12.0. The zero-order chi connectivity index (χ0) is 21.5. The van der Waals surface area contributed by atoms with Gasteiger partial charge in [0.1, 0.15) is 4.75 Å². The van der Waals surface area contributed by atoms with Crippen LogP contribution in [0.1, 0.15) is 50.8 Å². The van der Waals surface area contributed by atoms with Crippen molar-refractivity contribution in [3.05, 3.63) is 29.3 Å². The Balaban J connectivity index is 1.65. The third-order valence-corrected chi connectivity index (χ3v) is 8.34. The number of piperidine rings is 1. The molecule has 1 aromatic carbocycles. The summed E-state index contributed by atoms with van der Waals surface area (Å²) in [6.07, 6.45) is 1.61. The first-order valence-electron chi connectivity index (χ1n) is 10.8. The Bertz CT molecular complexity index is 783. The molecule has 2 N–H and O–H groups in total. The Morgan fingerprint density at radius 2 is 1.90 bits per heavy atom. The zero-order valence-electron chi connectivity index (χ0n) is 18.1. The van der Waals surface area contributed by atoms with E-state index < -0.39 is 17.5 Å². The maximum Gasteiger partial charge on any atom is 0.407 e. The number of carbonyl (C=O) groups is 1. The number of hydrogen-bond donors (Lipinski definition) is 2. The lowest BCUT2D eigenvalue weighted by molar-refractivity contribution is 0.0764. The van der Waals surface area contributed by atoms with E-state index in [0.29, 0.717) is 13.1 Å². The topological polar surface area (TPSA) is 88.1 Å². The molecular weight excluding hydrogens is 402 g/mol. The summed E-state index contributed by atoms with van der Waals surface area (Å²) in [5, 5.41) is 9.39. The minimum absolute atomic E-state index is 0.0375. The lowest BCUT2D eigenvalue weighted by atomic mass is 9.73. The lowest BCUT2D eigenvalue weighted by Gasteiger charge is -2.43. The smallest absolute Gasteiger partial charge is 0.407 e. The Morgan fingerprint density at radius 1 is 1.23 bits per heavy atom. The molecule has 166 valence electrons. The third kappa shape index (κ3) is 4.15. The van der Waals surface area contributed by atoms with E-state index in [9.17, 15) is 14.5 Å². The van der Waals surface area contributed by atoms with Gasteiger partial charge in [-0.1, -0.05) is 6.07 Å². The van der Waals surface area contributed by atoms with E-state index in [1.54, 1.807) is 0 Å². The molecule has 7 nitrogen and oxygen atoms in total. The Morgan fingerprint density at radius 3 is 2.50 bits per heavy atom. The minimum atomic E-state index is -1.20. The summed E-state index contributed by atoms with van der Waals surface area (Å²) >= 11 is -1.20. The molecule has 0 saturated carbocycles. The van der Waals surface area contributed by atoms with Crippen LogP contribution in [-0.2, 0) is 22.5 Å². The first kappa shape index (κ1) is 21.7. The van der Waals surface area contributed by atoms with Crippen LogP contribution in [0.15, 0.2) is 18.2 Å². The van der Waals surface area contributed by atoms with E-state index in [1.165, 1.54) is 21.7 Å². The third-order valence-electron chi connectivity index (χ3n) is 6.78. The molecule has 0 unspecified atom stereocenters. The van der Waals surface area contributed by atoms with Crippen molar-refractivity contribution in [2.75, 3.05) is 44.3 Å². The van der Waals surface area contributed by atoms with Crippen molar-refractivity contribution in [3.8, 4) is 0 Å². The van der Waals surface area contributed by atoms with Crippen molar-refractivity contribution in [1.82, 2.24) is 9.62 Å². The van der Waals surface area contributed by atoms with Crippen molar-refractivity contribution < 1.29 is 19.2 Å². The quantitative estimate of drug-likeness (QED) is 0.710. The standard InChI is InChI=1S/C22H33N3O4S/c1-21(2,3)30(28)23-19-18-14-17(24-10-12-29-13-11-24)5-4-16(18)15-22(19)6-8-25(9-7-22)20(26)27/h4-5,14,19,23H,6-13,15H2,1-3H3,(H,26,27)/t19-,30-/m1/s1. The van der Waals surface area contributed by atoms with Gasteiger partial charge in [-0.05, 0) is 63.3 Å². The molecule has 4 rings (SSSR count). The molecule has 30 heavy (non-hydrogen) atoms. The average Bonchev–Trinajstić information content (AvgIpc) is 3.00. The summed E-state index contributed by atoms with van der Waals surface area (Å²) in [5.74, 6) is 0. The molecule has 0 radical (unpaired) electrons. The van der Waals surface area contributed by atoms with Crippen molar-refractivity contribution in [2.45, 2.75) is 50.8 Å². The minimum Gasteiger partial charge on any atom is -0.598 e. The molecule has 1 aromatic rings. The van der Waals surface area contributed by atoms with E-state index in [0.717, 1.165) is 45.6 Å². The molecule has 2 aliphatic heterocycles. The molecule has 2 heterocycles. The monoisotopic (exact) mass is 435 g/mol. The molecule has 1 aliphatic carbocycles. The normalized spacial score (nSPS) is 24.7. The molecule has 2 atom stereocenters. The number of fused-ring (bicyclic) bond motifs is 1. The van der Waals surface area contributed by atoms with Gasteiger partial charge in [-0.2, -0.15) is 0 Å². The molecule has 2 saturated heterocycles. The highest BCUT2D eigenvalue weighted by molar-refractivity contribution is 7.90. The van der Waals surface area contributed by atoms with E-state index in [2.05, 4.69) is 27.8 Å². The van der Waals surface area contributed by atoms with E-state index >= 15 is 0 Å². The van der Waals surface area contributed by atoms with Gasteiger partial charge in [0, 0.05) is 48.6 Å². The number of nitrogens with zero attached hydrogens (tertiary/aromatic N) is 2. The number of benzene rings is 1. The summed E-state index contributed by atoms with van der Waals surface area (Å²) in [4.78, 5) is 15.3. The molecule has 3 aliphatic rings. The van der Waals surface area contributed by atoms with Gasteiger partial charge in [0.05, 0.1) is 19.3 Å². The average molecular weight is 436 g/mol. The van der Waals surface area contributed by atoms with Gasteiger partial charge in [0.25, 0.3) is 0 Å². The number of amides is 1. The lowest BCUT2D eigenvalue weighted by Crippen LogP contribution is -2.50. The van der Waals surface area contributed by atoms with Gasteiger partial charge in [0.2, 0.25) is 0 Å². The Hall–Kier alpha value is -1.48. The predicted molar refractivity (Wildman–Crippen MR) is 118 cm³/mol. The molecule has 1 spiro atoms. The Kier molecular flexibility index (Phi) is 5.96. The molecule has 8 heteroatoms. The second kappa shape index (κ2) is 8.22. The van der Waals surface area contributed by atoms with Gasteiger partial charge in [-0.3, -0.25) is 0 Å². The molecule has 1 amide bonds. The van der Waals surface area contributed by atoms with Gasteiger partial charge < -0.3 is 24.2 Å². The highest BCUT2D eigenvalue weighted by Crippen LogP contribution is 2.53. The largest absolute Gasteiger partial charge is 0.598 e. The van der Waals surface area contributed by atoms with Crippen molar-refractivity contribution in [2.24, 2.45) is 5.41 Å². The summed E-state index contributed by atoms with van der Waals surface area (Å²) in [7, 11) is 0. The van der Waals surface area contributed by atoms with Gasteiger partial charge >= 0.3 is 6.09 Å². The van der Waals surface area contributed by atoms with Crippen LogP contribution in [-0.4, -0.2) is 64.8 Å². The van der Waals surface area contributed by atoms with Crippen molar-refractivity contribution in [3.63, 3.8) is 0 Å². The highest BCUT2D eigenvalue weighted by Gasteiger charge is 2.51. The van der Waals surface area contributed by atoms with Crippen LogP contribution in [0.5, 0.6) is 0 Å². The fourth-order valence-corrected chi connectivity index (χ4v) is 5.87. The van der Waals surface area contributed by atoms with Gasteiger partial charge in [-0.15, -0.1) is 4.72 Å². The number of hydrogen-bond acceptors (Lipinski definition) is 5. The predicted octanol–water partition coefficient (Wildman–Crippen LogP) is 2.93. The van der Waals surface area contributed by atoms with E-state index in [-0.39, 0.29) is 16.2 Å². The Labute approximate surface area is 182 Å². The zero-order valence-corrected chi connectivity index (χ0v) is 19.0. The van der Waals surface area contributed by atoms with Crippen LogP contribution in [0.4, 0.5) is 10.5 Å². The number of anilines is 1. The van der Waals surface area contributed by atoms with Crippen LogP contribution in [0.2, 0.25) is 0 Å². The molecular formula is C22H33N3O4S. The van der Waals surface area contributed by atoms with Gasteiger partial charge in [0.15, 0.2) is 0 Å². The van der Waals surface area contributed by atoms with Crippen LogP contribution in [0.3, 0.4) is 0 Å². The fraction of sp³-hybridized carbons (Fsp3) is 0.682. The number of nitrogens with one attached hydrogen (secondary N) is 1. The second-order valence-electron chi connectivity index (χ2n) is 9.72. The van der Waals surface area contributed by atoms with Gasteiger partial charge in [-0.25, -0.2) is 4.79 Å². The summed E-state index contributed by atoms with van der Waals surface area (Å²) < 4.78 is 21.7. The van der Waals surface area contributed by atoms with Crippen molar-refractivity contribution >= 4 is 23.1 Å². The van der Waals surface area contributed by atoms with Crippen LogP contribution >= 0.6 is 0 Å².